The van der Waals surface area contributed by atoms with Crippen molar-refractivity contribution >= 4 is 11.9 Å². The van der Waals surface area contributed by atoms with Gasteiger partial charge in [0, 0.05) is 16.7 Å². The van der Waals surface area contributed by atoms with Crippen LogP contribution in [0.2, 0.25) is 0 Å². The molecule has 4 nitrogen and oxygen atoms in total. The molecule has 0 aliphatic rings. The number of rotatable bonds is 8. The summed E-state index contributed by atoms with van der Waals surface area (Å²) in [6, 6.07) is 9.05. The normalized spacial score (nSPS) is 11.6. The van der Waals surface area contributed by atoms with Crippen molar-refractivity contribution in [1.82, 2.24) is 0 Å². The van der Waals surface area contributed by atoms with Crippen LogP contribution in [0.3, 0.4) is 0 Å². The third kappa shape index (κ3) is 6.68. The Labute approximate surface area is 172 Å². The number of carbonyl (C=O) groups excluding carboxylic acids is 1. The van der Waals surface area contributed by atoms with E-state index in [1.165, 1.54) is 53.6 Å². The SMILES string of the molecule is CC(C)=CCC/C(C)=C/Cc1c(O)ccc(/C=C/C(=O)c2ccc(O)cc2)c1O. The van der Waals surface area contributed by atoms with E-state index >= 15 is 0 Å². The maximum atomic E-state index is 12.2. The Kier molecular flexibility index (Phi) is 7.84. The van der Waals surface area contributed by atoms with Crippen LogP contribution in [0.5, 0.6) is 17.2 Å². The van der Waals surface area contributed by atoms with Gasteiger partial charge in [0.25, 0.3) is 0 Å². The summed E-state index contributed by atoms with van der Waals surface area (Å²) in [6.07, 6.45) is 9.37. The minimum absolute atomic E-state index is 0.0258. The molecule has 2 aromatic carbocycles. The van der Waals surface area contributed by atoms with E-state index in [0.29, 0.717) is 23.1 Å². The Bertz CT molecular complexity index is 944. The van der Waals surface area contributed by atoms with E-state index in [-0.39, 0.29) is 23.0 Å². The Morgan fingerprint density at radius 1 is 0.931 bits per heavy atom. The van der Waals surface area contributed by atoms with Crippen LogP contribution < -0.4 is 0 Å². The molecule has 0 bridgehead atoms. The second-order valence-corrected chi connectivity index (χ2v) is 7.32. The third-order valence-electron chi connectivity index (χ3n) is 4.60. The highest BCUT2D eigenvalue weighted by Crippen LogP contribution is 2.32. The van der Waals surface area contributed by atoms with Gasteiger partial charge in [-0.3, -0.25) is 4.79 Å². The number of allylic oxidation sites excluding steroid dienone is 5. The molecule has 0 aromatic heterocycles. The molecule has 0 saturated carbocycles. The Hall–Kier alpha value is -3.27. The number of phenols is 3. The minimum Gasteiger partial charge on any atom is -0.508 e. The van der Waals surface area contributed by atoms with E-state index in [4.69, 9.17) is 0 Å². The van der Waals surface area contributed by atoms with Crippen molar-refractivity contribution in [3.63, 3.8) is 0 Å². The zero-order valence-electron chi connectivity index (χ0n) is 17.1. The fraction of sp³-hybridized carbons (Fsp3) is 0.240. The number of ketones is 1. The van der Waals surface area contributed by atoms with Crippen LogP contribution in [0.25, 0.3) is 6.08 Å². The average Bonchev–Trinajstić information content (AvgIpc) is 2.67. The first kappa shape index (κ1) is 22.0. The minimum atomic E-state index is -0.242. The lowest BCUT2D eigenvalue weighted by Crippen LogP contribution is -1.93. The molecule has 0 atom stereocenters. The molecule has 0 fully saturated rings. The fourth-order valence-electron chi connectivity index (χ4n) is 2.83. The molecule has 0 amide bonds. The first-order valence-electron chi connectivity index (χ1n) is 9.62. The number of hydrogen-bond donors (Lipinski definition) is 3. The second kappa shape index (κ2) is 10.3. The molecule has 2 rings (SSSR count). The summed E-state index contributed by atoms with van der Waals surface area (Å²) in [5.74, 6) is -0.157. The van der Waals surface area contributed by atoms with Gasteiger partial charge in [-0.05, 0) is 88.6 Å². The number of phenolic OH excluding ortho intramolecular Hbond substituents is 3. The predicted molar refractivity (Wildman–Crippen MR) is 117 cm³/mol. The van der Waals surface area contributed by atoms with Crippen LogP contribution >= 0.6 is 0 Å². The molecule has 0 spiro atoms. The molecule has 0 heterocycles. The van der Waals surface area contributed by atoms with Crippen molar-refractivity contribution in [2.24, 2.45) is 0 Å². The van der Waals surface area contributed by atoms with E-state index in [1.807, 2.05) is 13.0 Å². The highest BCUT2D eigenvalue weighted by molar-refractivity contribution is 6.07. The van der Waals surface area contributed by atoms with Crippen molar-refractivity contribution in [3.8, 4) is 17.2 Å². The summed E-state index contributed by atoms with van der Waals surface area (Å²) < 4.78 is 0. The third-order valence-corrected chi connectivity index (χ3v) is 4.60. The van der Waals surface area contributed by atoms with E-state index in [0.717, 1.165) is 12.8 Å². The molecule has 2 aromatic rings. The summed E-state index contributed by atoms with van der Waals surface area (Å²) in [4.78, 5) is 12.2. The summed E-state index contributed by atoms with van der Waals surface area (Å²) in [5.41, 5.74) is 3.80. The van der Waals surface area contributed by atoms with E-state index in [2.05, 4.69) is 19.9 Å². The number of carbonyl (C=O) groups is 1. The standard InChI is InChI=1S/C25H28O4/c1-17(2)5-4-6-18(3)7-14-22-24(28)16-11-20(25(22)29)10-15-23(27)19-8-12-21(26)13-9-19/h5,7-13,15-16,26,28-29H,4,6,14H2,1-3H3/b15-10+,18-7+. The van der Waals surface area contributed by atoms with E-state index in [1.54, 1.807) is 6.07 Å². The van der Waals surface area contributed by atoms with Gasteiger partial charge >= 0.3 is 0 Å². The van der Waals surface area contributed by atoms with Gasteiger partial charge in [-0.25, -0.2) is 0 Å². The maximum absolute atomic E-state index is 12.2. The van der Waals surface area contributed by atoms with Crippen molar-refractivity contribution < 1.29 is 20.1 Å². The molecule has 3 N–H and O–H groups in total. The largest absolute Gasteiger partial charge is 0.508 e. The highest BCUT2D eigenvalue weighted by atomic mass is 16.3. The number of hydrogen-bond acceptors (Lipinski definition) is 4. The molecule has 29 heavy (non-hydrogen) atoms. The smallest absolute Gasteiger partial charge is 0.185 e. The lowest BCUT2D eigenvalue weighted by atomic mass is 10.0. The number of benzene rings is 2. The molecule has 0 unspecified atom stereocenters. The van der Waals surface area contributed by atoms with Crippen LogP contribution in [0.4, 0.5) is 0 Å². The van der Waals surface area contributed by atoms with Gasteiger partial charge in [-0.15, -0.1) is 0 Å². The molecule has 4 heteroatoms. The molecule has 152 valence electrons. The zero-order chi connectivity index (χ0) is 21.4. The van der Waals surface area contributed by atoms with Crippen LogP contribution in [-0.2, 0) is 6.42 Å². The summed E-state index contributed by atoms with van der Waals surface area (Å²) >= 11 is 0. The summed E-state index contributed by atoms with van der Waals surface area (Å²) in [7, 11) is 0. The van der Waals surface area contributed by atoms with Crippen LogP contribution in [-0.4, -0.2) is 21.1 Å². The van der Waals surface area contributed by atoms with Crippen LogP contribution in [0.15, 0.2) is 65.8 Å². The van der Waals surface area contributed by atoms with Crippen LogP contribution in [0, 0.1) is 0 Å². The molecular formula is C25H28O4. The van der Waals surface area contributed by atoms with Crippen molar-refractivity contribution in [3.05, 3.63) is 82.5 Å². The quantitative estimate of drug-likeness (QED) is 0.295. The van der Waals surface area contributed by atoms with Crippen molar-refractivity contribution in [2.75, 3.05) is 0 Å². The maximum Gasteiger partial charge on any atom is 0.185 e. The lowest BCUT2D eigenvalue weighted by Gasteiger charge is -2.09. The van der Waals surface area contributed by atoms with Gasteiger partial charge in [0.2, 0.25) is 0 Å². The topological polar surface area (TPSA) is 77.8 Å². The lowest BCUT2D eigenvalue weighted by molar-refractivity contribution is 0.104. The number of aromatic hydroxyl groups is 3. The van der Waals surface area contributed by atoms with E-state index < -0.39 is 0 Å². The Balaban J connectivity index is 2.14. The van der Waals surface area contributed by atoms with Gasteiger partial charge in [0.05, 0.1) is 0 Å². The van der Waals surface area contributed by atoms with Gasteiger partial charge in [0.15, 0.2) is 5.78 Å². The molecule has 0 saturated heterocycles. The second-order valence-electron chi connectivity index (χ2n) is 7.32. The first-order valence-corrected chi connectivity index (χ1v) is 9.62. The Morgan fingerprint density at radius 3 is 2.28 bits per heavy atom. The van der Waals surface area contributed by atoms with Gasteiger partial charge in [-0.1, -0.05) is 23.3 Å². The Morgan fingerprint density at radius 2 is 1.62 bits per heavy atom. The van der Waals surface area contributed by atoms with Crippen molar-refractivity contribution in [2.45, 2.75) is 40.0 Å². The highest BCUT2D eigenvalue weighted by Gasteiger charge is 2.10. The first-order chi connectivity index (χ1) is 13.8. The summed E-state index contributed by atoms with van der Waals surface area (Å²) in [6.45, 7) is 6.17. The predicted octanol–water partition coefficient (Wildman–Crippen LogP) is 5.93. The average molecular weight is 392 g/mol. The summed E-state index contributed by atoms with van der Waals surface area (Å²) in [5, 5.41) is 30.0. The molecule has 0 radical (unpaired) electrons. The monoisotopic (exact) mass is 392 g/mol. The van der Waals surface area contributed by atoms with Gasteiger partial charge in [0.1, 0.15) is 17.2 Å². The van der Waals surface area contributed by atoms with Gasteiger partial charge < -0.3 is 15.3 Å². The van der Waals surface area contributed by atoms with Gasteiger partial charge in [-0.2, -0.15) is 0 Å². The fourth-order valence-corrected chi connectivity index (χ4v) is 2.83. The van der Waals surface area contributed by atoms with E-state index in [9.17, 15) is 20.1 Å². The molecule has 0 aliphatic heterocycles. The van der Waals surface area contributed by atoms with Crippen LogP contribution in [0.1, 0.15) is 55.1 Å². The molecule has 0 aliphatic carbocycles. The molecular weight excluding hydrogens is 364 g/mol. The van der Waals surface area contributed by atoms with Crippen molar-refractivity contribution in [1.29, 1.82) is 0 Å². The zero-order valence-corrected chi connectivity index (χ0v) is 17.1.